The number of ether oxygens (including phenoxy) is 1. The fourth-order valence-electron chi connectivity index (χ4n) is 4.49. The van der Waals surface area contributed by atoms with Crippen LogP contribution in [0.1, 0.15) is 36.4 Å². The van der Waals surface area contributed by atoms with Gasteiger partial charge in [-0.3, -0.25) is 9.78 Å². The lowest BCUT2D eigenvalue weighted by atomic mass is 9.92. The molecule has 2 aliphatic rings. The Morgan fingerprint density at radius 3 is 2.79 bits per heavy atom. The van der Waals surface area contributed by atoms with Crippen molar-refractivity contribution in [1.29, 1.82) is 0 Å². The van der Waals surface area contributed by atoms with Crippen molar-refractivity contribution in [3.8, 4) is 11.3 Å². The van der Waals surface area contributed by atoms with E-state index >= 15 is 0 Å². The zero-order valence-corrected chi connectivity index (χ0v) is 19.1. The molecule has 3 aromatic rings. The number of pyridine rings is 1. The maximum absolute atomic E-state index is 12.6. The third kappa shape index (κ3) is 4.71. The molecule has 1 atom stereocenters. The van der Waals surface area contributed by atoms with E-state index in [9.17, 15) is 4.79 Å². The number of nitrogens with one attached hydrogen (secondary N) is 1. The van der Waals surface area contributed by atoms with E-state index in [0.29, 0.717) is 31.9 Å². The van der Waals surface area contributed by atoms with E-state index in [1.807, 2.05) is 29.2 Å². The number of rotatable bonds is 5. The Morgan fingerprint density at radius 2 is 2.03 bits per heavy atom. The molecule has 1 fully saturated rings. The number of aryl methyl sites for hydroxylation is 1. The van der Waals surface area contributed by atoms with Crippen molar-refractivity contribution in [1.82, 2.24) is 15.2 Å². The summed E-state index contributed by atoms with van der Waals surface area (Å²) in [4.78, 5) is 19.0. The number of allylic oxidation sites excluding steroid dienone is 3. The maximum Gasteiger partial charge on any atom is 0.255 e. The summed E-state index contributed by atoms with van der Waals surface area (Å²) in [6, 6.07) is 12.0. The molecule has 4 heterocycles. The Balaban J connectivity index is 1.29. The molecule has 0 radical (unpaired) electrons. The standard InChI is InChI=1S/C27H29N3O3/c1-19-4-3-10-27(2,29-19)11-9-23-17-22-16-20(6-8-25(22)33-23)24-7-5-21(18-28-24)26(31)30-12-14-32-15-13-30/h3-8,10,16-18,29H,9,11-15H2,1-2H3. The lowest BCUT2D eigenvalue weighted by Crippen LogP contribution is -2.40. The summed E-state index contributed by atoms with van der Waals surface area (Å²) >= 11 is 0. The minimum absolute atomic E-state index is 0.00830. The monoisotopic (exact) mass is 443 g/mol. The summed E-state index contributed by atoms with van der Waals surface area (Å²) in [5.41, 5.74) is 4.44. The van der Waals surface area contributed by atoms with Gasteiger partial charge in [0.05, 0.1) is 30.0 Å². The van der Waals surface area contributed by atoms with E-state index in [2.05, 4.69) is 54.5 Å². The highest BCUT2D eigenvalue weighted by Crippen LogP contribution is 2.28. The molecular formula is C27H29N3O3. The second kappa shape index (κ2) is 8.87. The largest absolute Gasteiger partial charge is 0.461 e. The zero-order valence-electron chi connectivity index (χ0n) is 19.1. The number of carbonyl (C=O) groups excluding carboxylic acids is 1. The Bertz CT molecular complexity index is 1220. The summed E-state index contributed by atoms with van der Waals surface area (Å²) in [6.07, 6.45) is 9.87. The van der Waals surface area contributed by atoms with Crippen LogP contribution in [0.4, 0.5) is 0 Å². The van der Waals surface area contributed by atoms with Crippen LogP contribution in [0.15, 0.2) is 70.9 Å². The molecule has 1 aromatic carbocycles. The van der Waals surface area contributed by atoms with Gasteiger partial charge in [-0.1, -0.05) is 12.2 Å². The minimum Gasteiger partial charge on any atom is -0.461 e. The number of benzene rings is 1. The van der Waals surface area contributed by atoms with E-state index < -0.39 is 0 Å². The first-order valence-electron chi connectivity index (χ1n) is 11.5. The Hall–Kier alpha value is -3.38. The van der Waals surface area contributed by atoms with Crippen molar-refractivity contribution < 1.29 is 13.9 Å². The third-order valence-electron chi connectivity index (χ3n) is 6.36. The van der Waals surface area contributed by atoms with Crippen LogP contribution in [0, 0.1) is 0 Å². The van der Waals surface area contributed by atoms with Gasteiger partial charge in [-0.15, -0.1) is 0 Å². The zero-order chi connectivity index (χ0) is 22.8. The molecule has 1 N–H and O–H groups in total. The second-order valence-electron chi connectivity index (χ2n) is 9.05. The highest BCUT2D eigenvalue weighted by Gasteiger charge is 2.23. The predicted octanol–water partition coefficient (Wildman–Crippen LogP) is 4.72. The van der Waals surface area contributed by atoms with Gasteiger partial charge < -0.3 is 19.4 Å². The quantitative estimate of drug-likeness (QED) is 0.618. The number of dihydropyridines is 1. The molecule has 2 aromatic heterocycles. The average molecular weight is 444 g/mol. The number of aromatic nitrogens is 1. The number of amides is 1. The molecule has 2 aliphatic heterocycles. The van der Waals surface area contributed by atoms with Crippen LogP contribution in [0.5, 0.6) is 0 Å². The predicted molar refractivity (Wildman–Crippen MR) is 129 cm³/mol. The molecule has 6 nitrogen and oxygen atoms in total. The van der Waals surface area contributed by atoms with Crippen LogP contribution in [0.25, 0.3) is 22.2 Å². The van der Waals surface area contributed by atoms with Crippen molar-refractivity contribution in [3.05, 3.63) is 77.8 Å². The number of furan rings is 1. The van der Waals surface area contributed by atoms with E-state index in [1.54, 1.807) is 6.20 Å². The SMILES string of the molecule is CC1=CC=CC(C)(CCc2cc3cc(-c4ccc(C(=O)N5CCOCC5)cn4)ccc3o2)N1. The lowest BCUT2D eigenvalue weighted by Gasteiger charge is -2.31. The Kier molecular flexibility index (Phi) is 5.77. The molecule has 0 bridgehead atoms. The average Bonchev–Trinajstić information content (AvgIpc) is 3.25. The van der Waals surface area contributed by atoms with Crippen LogP contribution >= 0.6 is 0 Å². The second-order valence-corrected chi connectivity index (χ2v) is 9.05. The van der Waals surface area contributed by atoms with Gasteiger partial charge >= 0.3 is 0 Å². The van der Waals surface area contributed by atoms with Crippen LogP contribution in [-0.2, 0) is 11.2 Å². The number of carbonyl (C=O) groups is 1. The van der Waals surface area contributed by atoms with Gasteiger partial charge in [0.25, 0.3) is 5.91 Å². The number of hydrogen-bond acceptors (Lipinski definition) is 5. The van der Waals surface area contributed by atoms with Crippen molar-refractivity contribution in [3.63, 3.8) is 0 Å². The van der Waals surface area contributed by atoms with Gasteiger partial charge in [0.15, 0.2) is 0 Å². The number of morpholine rings is 1. The summed E-state index contributed by atoms with van der Waals surface area (Å²) < 4.78 is 11.4. The Labute approximate surface area is 193 Å². The van der Waals surface area contributed by atoms with Crippen molar-refractivity contribution in [2.75, 3.05) is 26.3 Å². The molecule has 33 heavy (non-hydrogen) atoms. The molecule has 1 saturated heterocycles. The highest BCUT2D eigenvalue weighted by atomic mass is 16.5. The van der Waals surface area contributed by atoms with Crippen LogP contribution in [0.3, 0.4) is 0 Å². The van der Waals surface area contributed by atoms with E-state index in [-0.39, 0.29) is 11.4 Å². The molecular weight excluding hydrogens is 414 g/mol. The lowest BCUT2D eigenvalue weighted by molar-refractivity contribution is 0.0302. The smallest absolute Gasteiger partial charge is 0.255 e. The van der Waals surface area contributed by atoms with Crippen molar-refractivity contribution in [2.24, 2.45) is 0 Å². The maximum atomic E-state index is 12.6. The molecule has 0 aliphatic carbocycles. The summed E-state index contributed by atoms with van der Waals surface area (Å²) in [6.45, 7) is 6.73. The van der Waals surface area contributed by atoms with Crippen molar-refractivity contribution in [2.45, 2.75) is 32.2 Å². The van der Waals surface area contributed by atoms with Gasteiger partial charge in [0.2, 0.25) is 0 Å². The number of hydrogen-bond donors (Lipinski definition) is 1. The summed E-state index contributed by atoms with van der Waals surface area (Å²) in [5.74, 6) is 0.985. The first-order chi connectivity index (χ1) is 16.0. The van der Waals surface area contributed by atoms with Crippen LogP contribution in [-0.4, -0.2) is 47.6 Å². The molecule has 0 spiro atoms. The molecule has 1 amide bonds. The molecule has 1 unspecified atom stereocenters. The first-order valence-corrected chi connectivity index (χ1v) is 11.5. The number of nitrogens with zero attached hydrogens (tertiary/aromatic N) is 2. The van der Waals surface area contributed by atoms with Crippen molar-refractivity contribution >= 4 is 16.9 Å². The van der Waals surface area contributed by atoms with E-state index in [1.165, 1.54) is 5.70 Å². The van der Waals surface area contributed by atoms with E-state index in [0.717, 1.165) is 40.8 Å². The third-order valence-corrected chi connectivity index (χ3v) is 6.36. The topological polar surface area (TPSA) is 67.6 Å². The first kappa shape index (κ1) is 21.5. The highest BCUT2D eigenvalue weighted by molar-refractivity contribution is 5.94. The minimum atomic E-state index is -0.0622. The van der Waals surface area contributed by atoms with Gasteiger partial charge in [0.1, 0.15) is 11.3 Å². The van der Waals surface area contributed by atoms with Crippen LogP contribution in [0.2, 0.25) is 0 Å². The number of fused-ring (bicyclic) bond motifs is 1. The van der Waals surface area contributed by atoms with Crippen LogP contribution < -0.4 is 5.32 Å². The van der Waals surface area contributed by atoms with Gasteiger partial charge in [-0.2, -0.15) is 0 Å². The molecule has 6 heteroatoms. The van der Waals surface area contributed by atoms with Gasteiger partial charge in [-0.05, 0) is 62.7 Å². The fourth-order valence-corrected chi connectivity index (χ4v) is 4.49. The molecule has 5 rings (SSSR count). The summed E-state index contributed by atoms with van der Waals surface area (Å²) in [7, 11) is 0. The Morgan fingerprint density at radius 1 is 1.18 bits per heavy atom. The van der Waals surface area contributed by atoms with E-state index in [4.69, 9.17) is 9.15 Å². The molecule has 170 valence electrons. The molecule has 0 saturated carbocycles. The fraction of sp³-hybridized carbons (Fsp3) is 0.333. The summed E-state index contributed by atoms with van der Waals surface area (Å²) in [5, 5.41) is 4.61. The van der Waals surface area contributed by atoms with Gasteiger partial charge in [-0.25, -0.2) is 0 Å². The van der Waals surface area contributed by atoms with Gasteiger partial charge in [0, 0.05) is 42.4 Å². The normalized spacial score (nSPS) is 20.5.